The topological polar surface area (TPSA) is 38.9 Å². The normalized spacial score (nSPS) is 12.7. The summed E-state index contributed by atoms with van der Waals surface area (Å²) in [4.78, 5) is 4.19. The monoisotopic (exact) mass is 254 g/mol. The molecule has 3 heteroatoms. The lowest BCUT2D eigenvalue weighted by atomic mass is 9.92. The first-order valence-corrected chi connectivity index (χ1v) is 6.84. The van der Waals surface area contributed by atoms with Crippen molar-refractivity contribution in [2.45, 2.75) is 5.92 Å². The van der Waals surface area contributed by atoms with E-state index in [0.717, 1.165) is 0 Å². The number of hydrogen-bond donors (Lipinski definition) is 1. The minimum atomic E-state index is 0.231. The molecule has 0 saturated heterocycles. The molecule has 2 nitrogen and oxygen atoms in total. The van der Waals surface area contributed by atoms with Gasteiger partial charge in [-0.05, 0) is 34.0 Å². The van der Waals surface area contributed by atoms with Gasteiger partial charge in [0, 0.05) is 29.6 Å². The standard InChI is InChI=1S/C15H14N2S/c16-8-13(11-4-3-7-17-9-11)14-10-18-15-6-2-1-5-12(14)15/h1-7,9-10,13H,8,16H2. The summed E-state index contributed by atoms with van der Waals surface area (Å²) >= 11 is 1.78. The molecule has 0 radical (unpaired) electrons. The molecule has 1 unspecified atom stereocenters. The number of nitrogens with zero attached hydrogens (tertiary/aromatic N) is 1. The fourth-order valence-corrected chi connectivity index (χ4v) is 3.31. The summed E-state index contributed by atoms with van der Waals surface area (Å²) in [5.41, 5.74) is 8.46. The lowest BCUT2D eigenvalue weighted by Crippen LogP contribution is -2.13. The lowest BCUT2D eigenvalue weighted by molar-refractivity contribution is 0.823. The average Bonchev–Trinajstić information content (AvgIpc) is 2.85. The van der Waals surface area contributed by atoms with E-state index in [1.54, 1.807) is 17.5 Å². The number of aromatic nitrogens is 1. The van der Waals surface area contributed by atoms with Crippen LogP contribution >= 0.6 is 11.3 Å². The summed E-state index contributed by atoms with van der Waals surface area (Å²) in [6, 6.07) is 12.5. The fraction of sp³-hybridized carbons (Fsp3) is 0.133. The third-order valence-corrected chi connectivity index (χ3v) is 4.19. The zero-order chi connectivity index (χ0) is 12.4. The molecule has 0 saturated carbocycles. The molecule has 2 N–H and O–H groups in total. The smallest absolute Gasteiger partial charge is 0.0345 e. The third-order valence-electron chi connectivity index (χ3n) is 3.21. The van der Waals surface area contributed by atoms with E-state index in [0.29, 0.717) is 6.54 Å². The molecule has 3 rings (SSSR count). The molecule has 18 heavy (non-hydrogen) atoms. The Hall–Kier alpha value is -1.71. The maximum absolute atomic E-state index is 5.96. The van der Waals surface area contributed by atoms with E-state index in [-0.39, 0.29) is 5.92 Å². The minimum absolute atomic E-state index is 0.231. The Morgan fingerprint density at radius 2 is 2.06 bits per heavy atom. The van der Waals surface area contributed by atoms with Gasteiger partial charge in [0.25, 0.3) is 0 Å². The number of fused-ring (bicyclic) bond motifs is 1. The molecule has 0 spiro atoms. The molecule has 1 atom stereocenters. The fourth-order valence-electron chi connectivity index (χ4n) is 2.29. The second kappa shape index (κ2) is 4.88. The number of thiophene rings is 1. The number of nitrogens with two attached hydrogens (primary N) is 1. The van der Waals surface area contributed by atoms with Crippen LogP contribution in [0.2, 0.25) is 0 Å². The summed E-state index contributed by atoms with van der Waals surface area (Å²) in [6.45, 7) is 0.604. The van der Waals surface area contributed by atoms with Gasteiger partial charge in [-0.2, -0.15) is 0 Å². The molecular formula is C15H14N2S. The molecule has 0 bridgehead atoms. The molecule has 0 aliphatic rings. The van der Waals surface area contributed by atoms with E-state index in [2.05, 4.69) is 40.7 Å². The Labute approximate surface area is 110 Å². The van der Waals surface area contributed by atoms with Crippen molar-refractivity contribution in [2.24, 2.45) is 5.73 Å². The van der Waals surface area contributed by atoms with Crippen molar-refractivity contribution in [2.75, 3.05) is 6.54 Å². The zero-order valence-electron chi connectivity index (χ0n) is 9.91. The van der Waals surface area contributed by atoms with Crippen LogP contribution in [0.25, 0.3) is 10.1 Å². The summed E-state index contributed by atoms with van der Waals surface area (Å²) in [7, 11) is 0. The highest BCUT2D eigenvalue weighted by Gasteiger charge is 2.16. The van der Waals surface area contributed by atoms with Gasteiger partial charge >= 0.3 is 0 Å². The number of benzene rings is 1. The first kappa shape index (κ1) is 11.4. The van der Waals surface area contributed by atoms with Crippen LogP contribution in [0.15, 0.2) is 54.2 Å². The van der Waals surface area contributed by atoms with Crippen LogP contribution < -0.4 is 5.73 Å². The van der Waals surface area contributed by atoms with E-state index in [4.69, 9.17) is 5.73 Å². The van der Waals surface area contributed by atoms with Crippen LogP contribution in [0.3, 0.4) is 0 Å². The summed E-state index contributed by atoms with van der Waals surface area (Å²) in [6.07, 6.45) is 3.70. The molecule has 0 aliphatic carbocycles. The molecule has 0 aliphatic heterocycles. The molecular weight excluding hydrogens is 240 g/mol. The van der Waals surface area contributed by atoms with Gasteiger partial charge < -0.3 is 5.73 Å². The van der Waals surface area contributed by atoms with E-state index < -0.39 is 0 Å². The summed E-state index contributed by atoms with van der Waals surface area (Å²) < 4.78 is 1.31. The average molecular weight is 254 g/mol. The molecule has 2 aromatic heterocycles. The second-order valence-electron chi connectivity index (χ2n) is 4.26. The molecule has 0 fully saturated rings. The van der Waals surface area contributed by atoms with Crippen molar-refractivity contribution in [3.63, 3.8) is 0 Å². The van der Waals surface area contributed by atoms with E-state index >= 15 is 0 Å². The van der Waals surface area contributed by atoms with E-state index in [9.17, 15) is 0 Å². The Kier molecular flexibility index (Phi) is 3.09. The van der Waals surface area contributed by atoms with Crippen LogP contribution in [0.1, 0.15) is 17.0 Å². The van der Waals surface area contributed by atoms with Crippen molar-refractivity contribution in [3.8, 4) is 0 Å². The van der Waals surface area contributed by atoms with Gasteiger partial charge in [0.15, 0.2) is 0 Å². The van der Waals surface area contributed by atoms with Crippen LogP contribution in [-0.2, 0) is 0 Å². The van der Waals surface area contributed by atoms with Gasteiger partial charge in [0.2, 0.25) is 0 Å². The van der Waals surface area contributed by atoms with Gasteiger partial charge in [-0.3, -0.25) is 4.98 Å². The summed E-state index contributed by atoms with van der Waals surface area (Å²) in [5.74, 6) is 0.231. The Morgan fingerprint density at radius 3 is 2.83 bits per heavy atom. The molecule has 90 valence electrons. The highest BCUT2D eigenvalue weighted by molar-refractivity contribution is 7.17. The van der Waals surface area contributed by atoms with Gasteiger partial charge in [0.1, 0.15) is 0 Å². The largest absolute Gasteiger partial charge is 0.330 e. The van der Waals surface area contributed by atoms with Crippen LogP contribution in [-0.4, -0.2) is 11.5 Å². The summed E-state index contributed by atoms with van der Waals surface area (Å²) in [5, 5.41) is 3.52. The van der Waals surface area contributed by atoms with Crippen molar-refractivity contribution < 1.29 is 0 Å². The van der Waals surface area contributed by atoms with Crippen molar-refractivity contribution in [1.29, 1.82) is 0 Å². The molecule has 2 heterocycles. The molecule has 3 aromatic rings. The molecule has 1 aromatic carbocycles. The van der Waals surface area contributed by atoms with Crippen molar-refractivity contribution in [1.82, 2.24) is 4.98 Å². The quantitative estimate of drug-likeness (QED) is 0.778. The number of hydrogen-bond acceptors (Lipinski definition) is 3. The maximum Gasteiger partial charge on any atom is 0.0345 e. The Morgan fingerprint density at radius 1 is 1.17 bits per heavy atom. The second-order valence-corrected chi connectivity index (χ2v) is 5.17. The van der Waals surface area contributed by atoms with Crippen LogP contribution in [0.4, 0.5) is 0 Å². The van der Waals surface area contributed by atoms with Crippen molar-refractivity contribution in [3.05, 3.63) is 65.3 Å². The van der Waals surface area contributed by atoms with E-state index in [1.165, 1.54) is 21.2 Å². The van der Waals surface area contributed by atoms with Crippen molar-refractivity contribution >= 4 is 21.4 Å². The maximum atomic E-state index is 5.96. The van der Waals surface area contributed by atoms with Gasteiger partial charge in [-0.25, -0.2) is 0 Å². The zero-order valence-corrected chi connectivity index (χ0v) is 10.7. The van der Waals surface area contributed by atoms with E-state index in [1.807, 2.05) is 12.3 Å². The number of pyridine rings is 1. The SMILES string of the molecule is NCC(c1cccnc1)c1csc2ccccc12. The number of rotatable bonds is 3. The highest BCUT2D eigenvalue weighted by atomic mass is 32.1. The third kappa shape index (κ3) is 1.92. The van der Waals surface area contributed by atoms with Crippen LogP contribution in [0, 0.1) is 0 Å². The lowest BCUT2D eigenvalue weighted by Gasteiger charge is -2.14. The Balaban J connectivity index is 2.12. The minimum Gasteiger partial charge on any atom is -0.330 e. The van der Waals surface area contributed by atoms with Crippen LogP contribution in [0.5, 0.6) is 0 Å². The molecule has 0 amide bonds. The highest BCUT2D eigenvalue weighted by Crippen LogP contribution is 2.33. The first-order chi connectivity index (χ1) is 8.90. The van der Waals surface area contributed by atoms with Gasteiger partial charge in [0.05, 0.1) is 0 Å². The predicted octanol–water partition coefficient (Wildman–Crippen LogP) is 3.39. The first-order valence-electron chi connectivity index (χ1n) is 5.96. The predicted molar refractivity (Wildman–Crippen MR) is 77.0 cm³/mol. The van der Waals surface area contributed by atoms with Gasteiger partial charge in [-0.1, -0.05) is 24.3 Å². The van der Waals surface area contributed by atoms with Gasteiger partial charge in [-0.15, -0.1) is 11.3 Å². The Bertz CT molecular complexity index is 646.